The van der Waals surface area contributed by atoms with Crippen LogP contribution < -0.4 is 9.58 Å². The maximum absolute atomic E-state index is 5.47. The number of anilines is 1. The van der Waals surface area contributed by atoms with E-state index in [0.717, 1.165) is 90.5 Å². The molecule has 10 rings (SSSR count). The highest BCUT2D eigenvalue weighted by atomic mass is 15.5. The van der Waals surface area contributed by atoms with Crippen LogP contribution in [0.25, 0.3) is 17.1 Å². The van der Waals surface area contributed by atoms with Crippen LogP contribution in [0.1, 0.15) is 54.3 Å². The predicted molar refractivity (Wildman–Crippen MR) is 241 cm³/mol. The number of allylic oxidation sites excluding steroid dienone is 4. The first-order chi connectivity index (χ1) is 30.1. The normalized spacial score (nSPS) is 19.6. The van der Waals surface area contributed by atoms with Gasteiger partial charge in [0.15, 0.2) is 17.1 Å². The largest absolute Gasteiger partial charge is 0.356 e. The third-order valence-electron chi connectivity index (χ3n) is 12.5. The third-order valence-corrected chi connectivity index (χ3v) is 12.5. The lowest BCUT2D eigenvalue weighted by atomic mass is 9.99. The Labute approximate surface area is 358 Å². The molecule has 0 spiro atoms. The van der Waals surface area contributed by atoms with Crippen LogP contribution in [0.5, 0.6) is 0 Å². The van der Waals surface area contributed by atoms with Crippen LogP contribution in [0.15, 0.2) is 176 Å². The highest BCUT2D eigenvalue weighted by Crippen LogP contribution is 2.38. The molecule has 4 aliphatic rings. The van der Waals surface area contributed by atoms with Gasteiger partial charge in [-0.05, 0) is 72.7 Å². The zero-order valence-electron chi connectivity index (χ0n) is 34.9. The molecule has 10 nitrogen and oxygen atoms in total. The molecule has 0 N–H and O–H groups in total. The number of para-hydroxylation sites is 2. The first kappa shape index (κ1) is 38.3. The van der Waals surface area contributed by atoms with Gasteiger partial charge in [0.25, 0.3) is 0 Å². The Morgan fingerprint density at radius 2 is 1.43 bits per heavy atom. The lowest BCUT2D eigenvalue weighted by molar-refractivity contribution is -0.753. The molecule has 6 heterocycles. The van der Waals surface area contributed by atoms with Gasteiger partial charge in [-0.2, -0.15) is 0 Å². The van der Waals surface area contributed by atoms with Gasteiger partial charge in [-0.25, -0.2) is 4.68 Å². The molecule has 4 aromatic carbocycles. The molecule has 61 heavy (non-hydrogen) atoms. The van der Waals surface area contributed by atoms with E-state index in [2.05, 4.69) is 199 Å². The molecule has 0 saturated carbocycles. The second-order valence-corrected chi connectivity index (χ2v) is 16.4. The van der Waals surface area contributed by atoms with Crippen molar-refractivity contribution < 1.29 is 4.68 Å². The molecule has 4 aliphatic heterocycles. The van der Waals surface area contributed by atoms with E-state index in [9.17, 15) is 0 Å². The average Bonchev–Trinajstić information content (AvgIpc) is 4.07. The van der Waals surface area contributed by atoms with Crippen molar-refractivity contribution in [2.75, 3.05) is 18.0 Å². The van der Waals surface area contributed by atoms with E-state index in [1.807, 2.05) is 0 Å². The number of hydrogen-bond donors (Lipinski definition) is 0. The monoisotopic (exact) mass is 805 g/mol. The van der Waals surface area contributed by atoms with Gasteiger partial charge in [0.2, 0.25) is 5.69 Å². The van der Waals surface area contributed by atoms with Crippen molar-refractivity contribution in [2.45, 2.75) is 70.9 Å². The van der Waals surface area contributed by atoms with E-state index in [4.69, 9.17) is 22.1 Å². The Bertz CT molecular complexity index is 2620. The summed E-state index contributed by atoms with van der Waals surface area (Å²) in [4.78, 5) is 10.1. The first-order valence-electron chi connectivity index (χ1n) is 21.7. The lowest BCUT2D eigenvalue weighted by Crippen LogP contribution is -2.44. The molecule has 10 heteroatoms. The van der Waals surface area contributed by atoms with E-state index in [1.165, 1.54) is 16.8 Å². The zero-order chi connectivity index (χ0) is 41.1. The molecule has 0 aliphatic carbocycles. The van der Waals surface area contributed by atoms with Gasteiger partial charge in [0.1, 0.15) is 18.9 Å². The highest BCUT2D eigenvalue weighted by Gasteiger charge is 2.38. The van der Waals surface area contributed by atoms with Gasteiger partial charge in [0, 0.05) is 68.5 Å². The number of fused-ring (bicyclic) bond motifs is 3. The summed E-state index contributed by atoms with van der Waals surface area (Å²) in [7, 11) is 0. The van der Waals surface area contributed by atoms with E-state index < -0.39 is 0 Å². The van der Waals surface area contributed by atoms with Gasteiger partial charge in [-0.1, -0.05) is 126 Å². The van der Waals surface area contributed by atoms with Crippen LogP contribution in [0.3, 0.4) is 0 Å². The van der Waals surface area contributed by atoms with Crippen molar-refractivity contribution in [3.05, 3.63) is 204 Å². The summed E-state index contributed by atoms with van der Waals surface area (Å²) >= 11 is 0. The lowest BCUT2D eigenvalue weighted by Gasteiger charge is -2.38. The quantitative estimate of drug-likeness (QED) is 0.157. The van der Waals surface area contributed by atoms with Gasteiger partial charge in [0.05, 0.1) is 17.5 Å². The Balaban J connectivity index is 1.22. The van der Waals surface area contributed by atoms with Crippen molar-refractivity contribution in [2.24, 2.45) is 0 Å². The van der Waals surface area contributed by atoms with Crippen molar-refractivity contribution in [3.8, 4) is 17.1 Å². The van der Waals surface area contributed by atoms with E-state index in [1.54, 1.807) is 0 Å². The summed E-state index contributed by atoms with van der Waals surface area (Å²) in [6, 6.07) is 40.7. The number of hydrogen-bond acceptors (Lipinski definition) is 7. The minimum atomic E-state index is 0.0813. The average molecular weight is 806 g/mol. The fourth-order valence-corrected chi connectivity index (χ4v) is 9.48. The van der Waals surface area contributed by atoms with E-state index >= 15 is 0 Å². The summed E-state index contributed by atoms with van der Waals surface area (Å²) in [5, 5.41) is 15.6. The van der Waals surface area contributed by atoms with Gasteiger partial charge in [-0.15, -0.1) is 9.78 Å². The Kier molecular flexibility index (Phi) is 10.6. The SMILES string of the molecule is C=C1Cc2c(nnn2Cc2ccccc2)-c2c([n+](Cc3ccccc3)nn2-c2ccccc2)CCC2N3C=CN2c2ccccc2CC2N(C=CN2/C1=C/C=C\C)CCCC3. The smallest absolute Gasteiger partial charge is 0.229 e. The molecule has 0 fully saturated rings. The van der Waals surface area contributed by atoms with Crippen LogP contribution >= 0.6 is 0 Å². The molecule has 0 amide bonds. The van der Waals surface area contributed by atoms with Crippen LogP contribution in [-0.2, 0) is 32.4 Å². The standard InChI is InChI=1S/C51H53N10/c1-3-4-25-44-39(2)35-47-50(52-53-59(47)37-40-18-8-5-9-19-40)51-46(60(38-41-20-10-6-11-21-41)54-61(51)43-23-12-7-13-24-43)27-28-48-55-29-16-17-30-56-32-33-57(44)49(56)36-42-22-14-15-26-45(42)58(48)34-31-55/h3-15,18-26,31-34,48-49H,2,16-17,27-30,35-38H2,1H3/q+1/b4-3-,44-25+. The molecule has 6 aromatic rings. The summed E-state index contributed by atoms with van der Waals surface area (Å²) in [5.74, 6) is 0. The van der Waals surface area contributed by atoms with Crippen molar-refractivity contribution in [1.82, 2.24) is 39.6 Å². The van der Waals surface area contributed by atoms with E-state index in [-0.39, 0.29) is 12.3 Å². The van der Waals surface area contributed by atoms with Crippen molar-refractivity contribution in [3.63, 3.8) is 0 Å². The van der Waals surface area contributed by atoms with Crippen molar-refractivity contribution >= 4 is 5.69 Å². The second kappa shape index (κ2) is 17.0. The molecule has 0 saturated heterocycles. The minimum absolute atomic E-state index is 0.0813. The topological polar surface area (TPSA) is 65.4 Å². The van der Waals surface area contributed by atoms with Gasteiger partial charge >= 0.3 is 0 Å². The molecule has 2 aromatic heterocycles. The fourth-order valence-electron chi connectivity index (χ4n) is 9.48. The Morgan fingerprint density at radius 3 is 2.18 bits per heavy atom. The summed E-state index contributed by atoms with van der Waals surface area (Å²) in [6.45, 7) is 10.1. The van der Waals surface area contributed by atoms with E-state index in [0.29, 0.717) is 19.5 Å². The Morgan fingerprint density at radius 1 is 0.754 bits per heavy atom. The summed E-state index contributed by atoms with van der Waals surface area (Å²) in [5.41, 5.74) is 11.9. The molecule has 2 atom stereocenters. The second-order valence-electron chi connectivity index (χ2n) is 16.4. The van der Waals surface area contributed by atoms with Gasteiger partial charge in [-0.3, -0.25) is 0 Å². The Hall–Kier alpha value is -6.94. The maximum Gasteiger partial charge on any atom is 0.229 e. The predicted octanol–water partition coefficient (Wildman–Crippen LogP) is 8.39. The molecular weight excluding hydrogens is 753 g/mol. The van der Waals surface area contributed by atoms with Crippen LogP contribution in [-0.4, -0.2) is 65.0 Å². The summed E-state index contributed by atoms with van der Waals surface area (Å²) < 4.78 is 6.40. The van der Waals surface area contributed by atoms with Crippen molar-refractivity contribution in [1.29, 1.82) is 0 Å². The van der Waals surface area contributed by atoms with Crippen LogP contribution in [0.2, 0.25) is 0 Å². The number of aromatic nitrogens is 6. The first-order valence-corrected chi connectivity index (χ1v) is 21.7. The fraction of sp³-hybridized carbons (Fsp3) is 0.255. The van der Waals surface area contributed by atoms with Gasteiger partial charge < -0.3 is 19.6 Å². The summed E-state index contributed by atoms with van der Waals surface area (Å²) in [6.07, 6.45) is 21.1. The minimum Gasteiger partial charge on any atom is -0.356 e. The number of rotatable bonds is 6. The third kappa shape index (κ3) is 7.58. The van der Waals surface area contributed by atoms with Crippen LogP contribution in [0, 0.1) is 0 Å². The molecule has 2 unspecified atom stereocenters. The highest BCUT2D eigenvalue weighted by molar-refractivity contribution is 5.63. The molecule has 0 radical (unpaired) electrons. The molecular formula is C51H53N10+. The number of benzene rings is 4. The number of nitrogens with zero attached hydrogens (tertiary/aromatic N) is 10. The maximum atomic E-state index is 5.47. The molecule has 306 valence electrons. The van der Waals surface area contributed by atoms with Crippen LogP contribution in [0.4, 0.5) is 5.69 Å². The zero-order valence-corrected chi connectivity index (χ0v) is 34.9. The molecule has 4 bridgehead atoms.